The van der Waals surface area contributed by atoms with Crippen LogP contribution in [-0.4, -0.2) is 44.9 Å². The molecule has 0 fully saturated rings. The smallest absolute Gasteiger partial charge is 0.184 e. The summed E-state index contributed by atoms with van der Waals surface area (Å²) < 4.78 is 12.3. The lowest BCUT2D eigenvalue weighted by Gasteiger charge is -2.36. The zero-order valence-corrected chi connectivity index (χ0v) is 17.6. The van der Waals surface area contributed by atoms with Gasteiger partial charge in [-0.1, -0.05) is 31.6 Å². The van der Waals surface area contributed by atoms with Crippen LogP contribution >= 0.6 is 0 Å². The standard InChI is InChI=1S/C17H32O3Si2/c1-16(2,3)19-14-10-11-17(18,12-13-21(4,5)6)15(14)20-22(7,8)9/h10-11,14-15,18H,1-9H3/t14-,15+,17-/m1/s1. The third-order valence-electron chi connectivity index (χ3n) is 2.88. The van der Waals surface area contributed by atoms with E-state index < -0.39 is 28.1 Å². The van der Waals surface area contributed by atoms with Gasteiger partial charge in [0.05, 0.1) is 5.60 Å². The van der Waals surface area contributed by atoms with E-state index >= 15 is 0 Å². The van der Waals surface area contributed by atoms with E-state index in [1.54, 1.807) is 6.08 Å². The molecule has 3 atom stereocenters. The molecule has 0 aromatic carbocycles. The number of rotatable bonds is 3. The average molecular weight is 341 g/mol. The Morgan fingerprint density at radius 3 is 2.05 bits per heavy atom. The van der Waals surface area contributed by atoms with Crippen LogP contribution in [0, 0.1) is 11.5 Å². The summed E-state index contributed by atoms with van der Waals surface area (Å²) >= 11 is 0. The summed E-state index contributed by atoms with van der Waals surface area (Å²) in [5, 5.41) is 11.0. The largest absolute Gasteiger partial charge is 0.407 e. The highest BCUT2D eigenvalue weighted by atomic mass is 28.4. The fourth-order valence-corrected chi connectivity index (χ4v) is 3.79. The van der Waals surface area contributed by atoms with Gasteiger partial charge < -0.3 is 14.3 Å². The van der Waals surface area contributed by atoms with Crippen LogP contribution in [0.2, 0.25) is 39.3 Å². The van der Waals surface area contributed by atoms with Gasteiger partial charge in [-0.25, -0.2) is 0 Å². The van der Waals surface area contributed by atoms with Gasteiger partial charge in [0.25, 0.3) is 0 Å². The van der Waals surface area contributed by atoms with Crippen molar-refractivity contribution in [1.82, 2.24) is 0 Å². The highest BCUT2D eigenvalue weighted by Gasteiger charge is 2.47. The lowest BCUT2D eigenvalue weighted by Crippen LogP contribution is -2.51. The second-order valence-corrected chi connectivity index (χ2v) is 18.2. The molecule has 0 saturated heterocycles. The van der Waals surface area contributed by atoms with E-state index in [0.717, 1.165) is 0 Å². The van der Waals surface area contributed by atoms with Crippen molar-refractivity contribution in [1.29, 1.82) is 0 Å². The van der Waals surface area contributed by atoms with E-state index in [2.05, 4.69) is 50.7 Å². The summed E-state index contributed by atoms with van der Waals surface area (Å²) in [7, 11) is -3.41. The average Bonchev–Trinajstić information content (AvgIpc) is 2.51. The number of hydrogen-bond donors (Lipinski definition) is 1. The second kappa shape index (κ2) is 6.25. The van der Waals surface area contributed by atoms with Crippen molar-refractivity contribution in [2.75, 3.05) is 0 Å². The van der Waals surface area contributed by atoms with Crippen LogP contribution in [0.25, 0.3) is 0 Å². The van der Waals surface area contributed by atoms with Gasteiger partial charge in [-0.3, -0.25) is 0 Å². The topological polar surface area (TPSA) is 38.7 Å². The Bertz CT molecular complexity index is 483. The number of hydrogen-bond acceptors (Lipinski definition) is 3. The Labute approximate surface area is 138 Å². The van der Waals surface area contributed by atoms with Crippen molar-refractivity contribution >= 4 is 16.4 Å². The first-order valence-electron chi connectivity index (χ1n) is 7.93. The number of ether oxygens (including phenoxy) is 1. The fourth-order valence-electron chi connectivity index (χ4n) is 2.14. The van der Waals surface area contributed by atoms with Crippen LogP contribution in [0.5, 0.6) is 0 Å². The molecule has 1 aliphatic carbocycles. The van der Waals surface area contributed by atoms with Gasteiger partial charge in [-0.2, -0.15) is 0 Å². The van der Waals surface area contributed by atoms with Crippen molar-refractivity contribution in [3.8, 4) is 11.5 Å². The first kappa shape index (κ1) is 19.7. The summed E-state index contributed by atoms with van der Waals surface area (Å²) in [6.07, 6.45) is 2.92. The molecule has 1 rings (SSSR count). The minimum atomic E-state index is -1.84. The maximum Gasteiger partial charge on any atom is 0.184 e. The predicted octanol–water partition coefficient (Wildman–Crippen LogP) is 3.57. The summed E-state index contributed by atoms with van der Waals surface area (Å²) in [4.78, 5) is 0. The fraction of sp³-hybridized carbons (Fsp3) is 0.765. The first-order chi connectivity index (χ1) is 9.61. The van der Waals surface area contributed by atoms with E-state index in [9.17, 15) is 5.11 Å². The molecule has 0 aliphatic heterocycles. The van der Waals surface area contributed by atoms with Crippen molar-refractivity contribution < 1.29 is 14.3 Å². The normalized spacial score (nSPS) is 29.4. The third kappa shape index (κ3) is 6.39. The molecule has 0 spiro atoms. The summed E-state index contributed by atoms with van der Waals surface area (Å²) in [5.41, 5.74) is 1.72. The molecule has 126 valence electrons. The Morgan fingerprint density at radius 1 is 1.09 bits per heavy atom. The van der Waals surface area contributed by atoms with Crippen molar-refractivity contribution in [2.45, 2.75) is 83.5 Å². The Hall–Kier alpha value is -0.386. The van der Waals surface area contributed by atoms with Crippen LogP contribution < -0.4 is 0 Å². The monoisotopic (exact) mass is 340 g/mol. The Morgan fingerprint density at radius 2 is 1.64 bits per heavy atom. The minimum Gasteiger partial charge on any atom is -0.407 e. The highest BCUT2D eigenvalue weighted by molar-refractivity contribution is 6.83. The van der Waals surface area contributed by atoms with Crippen molar-refractivity contribution in [3.05, 3.63) is 12.2 Å². The maximum absolute atomic E-state index is 11.0. The van der Waals surface area contributed by atoms with Crippen LogP contribution in [0.1, 0.15) is 20.8 Å². The van der Waals surface area contributed by atoms with Gasteiger partial charge in [-0.15, -0.1) is 5.54 Å². The summed E-state index contributed by atoms with van der Waals surface area (Å²) in [5.74, 6) is 3.08. The molecule has 0 unspecified atom stereocenters. The molecule has 0 aromatic heterocycles. The van der Waals surface area contributed by atoms with Crippen LogP contribution in [-0.2, 0) is 9.16 Å². The molecule has 0 aromatic rings. The van der Waals surface area contributed by atoms with Crippen molar-refractivity contribution in [2.24, 2.45) is 0 Å². The molecule has 0 radical (unpaired) electrons. The minimum absolute atomic E-state index is 0.271. The van der Waals surface area contributed by atoms with Gasteiger partial charge in [0.15, 0.2) is 13.9 Å². The molecular formula is C17H32O3Si2. The SMILES string of the molecule is CC(C)(C)O[C@@H]1C=C[C@@](O)(C#C[Si](C)(C)C)[C@H]1O[Si](C)(C)C. The molecule has 3 nitrogen and oxygen atoms in total. The second-order valence-electron chi connectivity index (χ2n) is 9.03. The zero-order chi connectivity index (χ0) is 17.4. The zero-order valence-electron chi connectivity index (χ0n) is 15.6. The molecule has 5 heteroatoms. The summed E-state index contributed by atoms with van der Waals surface area (Å²) in [6, 6.07) is 0. The molecule has 22 heavy (non-hydrogen) atoms. The quantitative estimate of drug-likeness (QED) is 0.485. The van der Waals surface area contributed by atoms with E-state index in [4.69, 9.17) is 9.16 Å². The highest BCUT2D eigenvalue weighted by Crippen LogP contribution is 2.33. The molecule has 0 amide bonds. The van der Waals surface area contributed by atoms with Gasteiger partial charge in [0.1, 0.15) is 20.3 Å². The molecule has 1 N–H and O–H groups in total. The van der Waals surface area contributed by atoms with Gasteiger partial charge in [0, 0.05) is 0 Å². The molecular weight excluding hydrogens is 308 g/mol. The predicted molar refractivity (Wildman–Crippen MR) is 98.1 cm³/mol. The van der Waals surface area contributed by atoms with E-state index in [1.165, 1.54) is 0 Å². The van der Waals surface area contributed by atoms with E-state index in [0.29, 0.717) is 0 Å². The van der Waals surface area contributed by atoms with Crippen LogP contribution in [0.15, 0.2) is 12.2 Å². The van der Waals surface area contributed by atoms with E-state index in [1.807, 2.05) is 26.8 Å². The molecule has 1 aliphatic rings. The number of aliphatic hydroxyl groups is 1. The lowest BCUT2D eigenvalue weighted by molar-refractivity contribution is -0.109. The Balaban J connectivity index is 3.11. The van der Waals surface area contributed by atoms with Crippen LogP contribution in [0.4, 0.5) is 0 Å². The maximum atomic E-state index is 11.0. The van der Waals surface area contributed by atoms with E-state index in [-0.39, 0.29) is 11.7 Å². The third-order valence-corrected chi connectivity index (χ3v) is 4.72. The summed E-state index contributed by atoms with van der Waals surface area (Å²) in [6.45, 7) is 18.9. The van der Waals surface area contributed by atoms with Gasteiger partial charge >= 0.3 is 0 Å². The Kier molecular flexibility index (Phi) is 5.59. The molecule has 0 heterocycles. The molecule has 0 bridgehead atoms. The first-order valence-corrected chi connectivity index (χ1v) is 14.8. The van der Waals surface area contributed by atoms with Crippen molar-refractivity contribution in [3.63, 3.8) is 0 Å². The van der Waals surface area contributed by atoms with Crippen LogP contribution in [0.3, 0.4) is 0 Å². The van der Waals surface area contributed by atoms with Gasteiger partial charge in [-0.05, 0) is 46.5 Å². The lowest BCUT2D eigenvalue weighted by atomic mass is 10.0. The van der Waals surface area contributed by atoms with Gasteiger partial charge in [0.2, 0.25) is 0 Å². The molecule has 0 saturated carbocycles.